The molecule has 3 nitrogen and oxygen atoms in total. The summed E-state index contributed by atoms with van der Waals surface area (Å²) in [7, 11) is 0. The van der Waals surface area contributed by atoms with Crippen LogP contribution < -0.4 is 11.1 Å². The average Bonchev–Trinajstić information content (AvgIpc) is 2.13. The van der Waals surface area contributed by atoms with E-state index in [0.717, 1.165) is 0 Å². The third-order valence-corrected chi connectivity index (χ3v) is 2.49. The van der Waals surface area contributed by atoms with Crippen LogP contribution in [-0.2, 0) is 0 Å². The normalized spacial score (nSPS) is 11.5. The van der Waals surface area contributed by atoms with Gasteiger partial charge in [0.1, 0.15) is 5.82 Å². The van der Waals surface area contributed by atoms with Gasteiger partial charge in [-0.2, -0.15) is 13.2 Å². The highest BCUT2D eigenvalue weighted by Gasteiger charge is 2.27. The highest BCUT2D eigenvalue weighted by molar-refractivity contribution is 8.00. The molecule has 16 heavy (non-hydrogen) atoms. The lowest BCUT2D eigenvalue weighted by atomic mass is 10.4. The first-order valence-corrected chi connectivity index (χ1v) is 5.60. The molecule has 0 spiro atoms. The Balaban J connectivity index is 2.38. The van der Waals surface area contributed by atoms with Crippen LogP contribution in [0.4, 0.5) is 24.7 Å². The number of nitrogen functional groups attached to an aromatic ring is 1. The molecule has 1 aromatic rings. The maximum atomic E-state index is 11.8. The van der Waals surface area contributed by atoms with Gasteiger partial charge >= 0.3 is 5.51 Å². The summed E-state index contributed by atoms with van der Waals surface area (Å²) in [4.78, 5) is 3.85. The lowest BCUT2D eigenvalue weighted by Gasteiger charge is -2.09. The quantitative estimate of drug-likeness (QED) is 0.827. The smallest absolute Gasteiger partial charge is 0.396 e. The summed E-state index contributed by atoms with van der Waals surface area (Å²) in [5, 5.41) is 3.08. The van der Waals surface area contributed by atoms with Crippen molar-refractivity contribution < 1.29 is 13.2 Å². The standard InChI is InChI=1S/C8H9ClF3N3S/c9-5-3-6(13)7(15-4-5)14-1-2-16-8(10,11)12/h3-4H,1-2,13H2,(H,14,15). The minimum atomic E-state index is -4.21. The monoisotopic (exact) mass is 271 g/mol. The Bertz CT molecular complexity index is 359. The van der Waals surface area contributed by atoms with E-state index in [0.29, 0.717) is 16.5 Å². The fraction of sp³-hybridized carbons (Fsp3) is 0.375. The Kier molecular flexibility index (Phi) is 4.55. The summed E-state index contributed by atoms with van der Waals surface area (Å²) in [5.74, 6) is 0.236. The van der Waals surface area contributed by atoms with Gasteiger partial charge in [-0.15, -0.1) is 0 Å². The van der Waals surface area contributed by atoms with Gasteiger partial charge in [0, 0.05) is 18.5 Å². The van der Waals surface area contributed by atoms with Crippen LogP contribution in [-0.4, -0.2) is 22.8 Å². The van der Waals surface area contributed by atoms with Gasteiger partial charge in [-0.3, -0.25) is 0 Å². The molecule has 0 amide bonds. The van der Waals surface area contributed by atoms with E-state index in [9.17, 15) is 13.2 Å². The van der Waals surface area contributed by atoms with Crippen LogP contribution in [0.15, 0.2) is 12.3 Å². The first kappa shape index (κ1) is 13.2. The number of hydrogen-bond donors (Lipinski definition) is 2. The second-order valence-corrected chi connectivity index (χ2v) is 4.41. The molecule has 0 aliphatic heterocycles. The van der Waals surface area contributed by atoms with E-state index in [1.807, 2.05) is 0 Å². The van der Waals surface area contributed by atoms with Gasteiger partial charge in [0.15, 0.2) is 0 Å². The van der Waals surface area contributed by atoms with Gasteiger partial charge in [-0.1, -0.05) is 11.6 Å². The molecule has 1 aromatic heterocycles. The molecule has 0 saturated carbocycles. The van der Waals surface area contributed by atoms with Crippen molar-refractivity contribution in [2.75, 3.05) is 23.3 Å². The van der Waals surface area contributed by atoms with Gasteiger partial charge in [0.2, 0.25) is 0 Å². The first-order valence-electron chi connectivity index (χ1n) is 4.24. The molecular weight excluding hydrogens is 263 g/mol. The van der Waals surface area contributed by atoms with E-state index in [1.165, 1.54) is 12.3 Å². The SMILES string of the molecule is Nc1cc(Cl)cnc1NCCSC(F)(F)F. The molecule has 0 unspecified atom stereocenters. The second-order valence-electron chi connectivity index (χ2n) is 2.81. The molecule has 1 rings (SSSR count). The van der Waals surface area contributed by atoms with E-state index >= 15 is 0 Å². The minimum absolute atomic E-state index is 0.0953. The van der Waals surface area contributed by atoms with Crippen LogP contribution in [0.25, 0.3) is 0 Å². The summed E-state index contributed by atoms with van der Waals surface area (Å²) in [6, 6.07) is 1.48. The van der Waals surface area contributed by atoms with E-state index in [1.54, 1.807) is 0 Å². The Morgan fingerprint density at radius 1 is 1.50 bits per heavy atom. The third kappa shape index (κ3) is 4.80. The number of alkyl halides is 3. The first-order chi connectivity index (χ1) is 7.38. The van der Waals surface area contributed by atoms with Crippen LogP contribution >= 0.6 is 23.4 Å². The predicted molar refractivity (Wildman–Crippen MR) is 60.7 cm³/mol. The molecule has 0 radical (unpaired) electrons. The molecule has 0 aliphatic rings. The Morgan fingerprint density at radius 2 is 2.19 bits per heavy atom. The van der Waals surface area contributed by atoms with E-state index < -0.39 is 5.51 Å². The zero-order chi connectivity index (χ0) is 12.2. The van der Waals surface area contributed by atoms with Gasteiger partial charge in [0.05, 0.1) is 10.7 Å². The Labute approximate surface area is 99.6 Å². The maximum absolute atomic E-state index is 11.8. The summed E-state index contributed by atoms with van der Waals surface area (Å²) in [5.41, 5.74) is 1.65. The van der Waals surface area contributed by atoms with Gasteiger partial charge in [-0.05, 0) is 17.8 Å². The molecule has 0 aromatic carbocycles. The number of pyridine rings is 1. The van der Waals surface area contributed by atoms with Crippen LogP contribution in [0.3, 0.4) is 0 Å². The highest BCUT2D eigenvalue weighted by atomic mass is 35.5. The topological polar surface area (TPSA) is 50.9 Å². The maximum Gasteiger partial charge on any atom is 0.441 e. The largest absolute Gasteiger partial charge is 0.441 e. The van der Waals surface area contributed by atoms with Crippen LogP contribution in [0, 0.1) is 0 Å². The van der Waals surface area contributed by atoms with Crippen molar-refractivity contribution in [3.05, 3.63) is 17.3 Å². The fourth-order valence-corrected chi connectivity index (χ4v) is 1.54. The van der Waals surface area contributed by atoms with Gasteiger partial charge in [0.25, 0.3) is 0 Å². The van der Waals surface area contributed by atoms with Crippen LogP contribution in [0.5, 0.6) is 0 Å². The van der Waals surface area contributed by atoms with Crippen molar-refractivity contribution in [1.29, 1.82) is 0 Å². The summed E-state index contributed by atoms with van der Waals surface area (Å²) < 4.78 is 35.4. The molecule has 3 N–H and O–H groups in total. The van der Waals surface area contributed by atoms with Crippen LogP contribution in [0.2, 0.25) is 5.02 Å². The van der Waals surface area contributed by atoms with Crippen molar-refractivity contribution in [1.82, 2.24) is 4.98 Å². The second kappa shape index (κ2) is 5.49. The number of thioether (sulfide) groups is 1. The number of aromatic nitrogens is 1. The summed E-state index contributed by atoms with van der Waals surface area (Å²) >= 11 is 5.52. The van der Waals surface area contributed by atoms with Crippen molar-refractivity contribution in [3.8, 4) is 0 Å². The van der Waals surface area contributed by atoms with E-state index in [2.05, 4.69) is 10.3 Å². The summed E-state index contributed by atoms with van der Waals surface area (Å²) in [6.45, 7) is 0.128. The fourth-order valence-electron chi connectivity index (χ4n) is 0.939. The minimum Gasteiger partial charge on any atom is -0.396 e. The number of anilines is 2. The molecule has 1 heterocycles. The Hall–Kier alpha value is -0.820. The van der Waals surface area contributed by atoms with Crippen molar-refractivity contribution >= 4 is 34.9 Å². The highest BCUT2D eigenvalue weighted by Crippen LogP contribution is 2.29. The average molecular weight is 272 g/mol. The van der Waals surface area contributed by atoms with Crippen LogP contribution in [0.1, 0.15) is 0 Å². The molecule has 0 aliphatic carbocycles. The number of nitrogens with zero attached hydrogens (tertiary/aromatic N) is 1. The lowest BCUT2D eigenvalue weighted by molar-refractivity contribution is -0.0327. The molecule has 0 fully saturated rings. The molecule has 0 saturated heterocycles. The molecule has 0 bridgehead atoms. The third-order valence-electron chi connectivity index (χ3n) is 1.54. The Morgan fingerprint density at radius 3 is 2.75 bits per heavy atom. The lowest BCUT2D eigenvalue weighted by Crippen LogP contribution is -2.11. The number of halogens is 4. The molecule has 8 heteroatoms. The van der Waals surface area contributed by atoms with Crippen molar-refractivity contribution in [2.45, 2.75) is 5.51 Å². The zero-order valence-corrected chi connectivity index (χ0v) is 9.59. The van der Waals surface area contributed by atoms with E-state index in [-0.39, 0.29) is 24.1 Å². The number of nitrogens with two attached hydrogens (primary N) is 1. The zero-order valence-electron chi connectivity index (χ0n) is 8.01. The van der Waals surface area contributed by atoms with Gasteiger partial charge < -0.3 is 11.1 Å². The van der Waals surface area contributed by atoms with Gasteiger partial charge in [-0.25, -0.2) is 4.98 Å². The molecule has 0 atom stereocenters. The van der Waals surface area contributed by atoms with Crippen molar-refractivity contribution in [2.24, 2.45) is 0 Å². The number of nitrogens with one attached hydrogen (secondary N) is 1. The molecular formula is C8H9ClF3N3S. The van der Waals surface area contributed by atoms with Crippen molar-refractivity contribution in [3.63, 3.8) is 0 Å². The molecule has 90 valence electrons. The summed E-state index contributed by atoms with van der Waals surface area (Å²) in [6.07, 6.45) is 1.37. The number of hydrogen-bond acceptors (Lipinski definition) is 4. The number of rotatable bonds is 4. The predicted octanol–water partition coefficient (Wildman–Crippen LogP) is 2.98. The van der Waals surface area contributed by atoms with E-state index in [4.69, 9.17) is 17.3 Å².